The number of aromatic nitrogens is 2. The summed E-state index contributed by atoms with van der Waals surface area (Å²) in [6.07, 6.45) is 9.59. The highest BCUT2D eigenvalue weighted by Crippen LogP contribution is 2.56. The molecule has 3 aromatic rings. The third-order valence-electron chi connectivity index (χ3n) is 6.80. The number of imidazole rings is 1. The van der Waals surface area contributed by atoms with Crippen molar-refractivity contribution in [3.63, 3.8) is 0 Å². The number of ether oxygens (including phenoxy) is 1. The highest BCUT2D eigenvalue weighted by Gasteiger charge is 2.51. The number of thiophene rings is 1. The summed E-state index contributed by atoms with van der Waals surface area (Å²) in [4.78, 5) is 13.7. The van der Waals surface area contributed by atoms with Gasteiger partial charge in [0, 0.05) is 17.6 Å². The molecule has 1 unspecified atom stereocenters. The predicted octanol–water partition coefficient (Wildman–Crippen LogP) is 5.86. The maximum Gasteiger partial charge on any atom is 0.172 e. The van der Waals surface area contributed by atoms with Gasteiger partial charge >= 0.3 is 0 Å². The fourth-order valence-corrected chi connectivity index (χ4v) is 6.07. The number of benzene rings is 1. The SMILES string of the molecule is COc1cc(C=C2CC3(CC3)CN3C2=NOCC3c2ccc(Cl)s2)ccc1-n1cnc(C)c1. The number of fused-ring (bicyclic) bond motifs is 1. The fourth-order valence-electron chi connectivity index (χ4n) is 4.91. The number of oxime groups is 1. The number of amidine groups is 1. The van der Waals surface area contributed by atoms with Gasteiger partial charge in [0.2, 0.25) is 0 Å². The van der Waals surface area contributed by atoms with E-state index in [0.717, 1.165) is 45.8 Å². The number of hydrogen-bond donors (Lipinski definition) is 0. The van der Waals surface area contributed by atoms with Crippen molar-refractivity contribution in [3.8, 4) is 11.4 Å². The minimum absolute atomic E-state index is 0.151. The van der Waals surface area contributed by atoms with Crippen LogP contribution in [0, 0.1) is 12.3 Å². The van der Waals surface area contributed by atoms with Gasteiger partial charge in [-0.05, 0) is 73.1 Å². The average Bonchev–Trinajstić information content (AvgIpc) is 3.18. The van der Waals surface area contributed by atoms with Crippen molar-refractivity contribution in [1.29, 1.82) is 0 Å². The molecule has 3 aliphatic rings. The normalized spacial score (nSPS) is 22.2. The standard InChI is InChI=1S/C25H25ClN4O2S/c1-16-12-29(15-27-16)19-4-3-17(10-21(19)31-2)9-18-11-25(7-8-25)14-30-20(13-32-28-24(18)30)22-5-6-23(26)33-22/h3-6,9-10,12,15,20H,7-8,11,13-14H2,1-2H3. The third kappa shape index (κ3) is 3.83. The van der Waals surface area contributed by atoms with Crippen LogP contribution in [0.4, 0.5) is 0 Å². The Labute approximate surface area is 202 Å². The summed E-state index contributed by atoms with van der Waals surface area (Å²) in [5, 5.41) is 4.52. The molecule has 2 aliphatic heterocycles. The third-order valence-corrected chi connectivity index (χ3v) is 8.14. The summed E-state index contributed by atoms with van der Waals surface area (Å²) >= 11 is 7.87. The quantitative estimate of drug-likeness (QED) is 0.469. The lowest BCUT2D eigenvalue weighted by Gasteiger charge is -2.43. The number of piperidine rings is 1. The van der Waals surface area contributed by atoms with E-state index in [1.807, 2.05) is 30.1 Å². The van der Waals surface area contributed by atoms with E-state index < -0.39 is 0 Å². The first-order valence-electron chi connectivity index (χ1n) is 11.2. The molecule has 1 spiro atoms. The summed E-state index contributed by atoms with van der Waals surface area (Å²) in [5.74, 6) is 1.75. The fraction of sp³-hybridized carbons (Fsp3) is 0.360. The lowest BCUT2D eigenvalue weighted by molar-refractivity contribution is 0.0495. The minimum Gasteiger partial charge on any atom is -0.495 e. The molecule has 2 fully saturated rings. The molecule has 0 bridgehead atoms. The Hall–Kier alpha value is -2.77. The van der Waals surface area contributed by atoms with E-state index in [2.05, 4.69) is 45.4 Å². The Morgan fingerprint density at radius 2 is 2.15 bits per heavy atom. The van der Waals surface area contributed by atoms with Gasteiger partial charge in [-0.25, -0.2) is 4.98 Å². The molecule has 33 heavy (non-hydrogen) atoms. The van der Waals surface area contributed by atoms with Gasteiger partial charge in [-0.15, -0.1) is 11.3 Å². The summed E-state index contributed by atoms with van der Waals surface area (Å²) in [6, 6.07) is 10.5. The van der Waals surface area contributed by atoms with E-state index in [1.54, 1.807) is 18.4 Å². The van der Waals surface area contributed by atoms with Crippen molar-refractivity contribution in [1.82, 2.24) is 14.5 Å². The van der Waals surface area contributed by atoms with Gasteiger partial charge in [-0.2, -0.15) is 0 Å². The van der Waals surface area contributed by atoms with Gasteiger partial charge in [-0.3, -0.25) is 0 Å². The van der Waals surface area contributed by atoms with Crippen LogP contribution in [0.1, 0.15) is 41.4 Å². The largest absolute Gasteiger partial charge is 0.495 e. The van der Waals surface area contributed by atoms with Crippen molar-refractivity contribution in [2.24, 2.45) is 10.6 Å². The van der Waals surface area contributed by atoms with Gasteiger partial charge in [0.25, 0.3) is 0 Å². The molecule has 1 aromatic carbocycles. The van der Waals surface area contributed by atoms with Crippen LogP contribution in [0.5, 0.6) is 5.75 Å². The summed E-state index contributed by atoms with van der Waals surface area (Å²) < 4.78 is 8.52. The minimum atomic E-state index is 0.151. The smallest absolute Gasteiger partial charge is 0.172 e. The maximum atomic E-state index is 6.25. The van der Waals surface area contributed by atoms with Gasteiger partial charge in [0.15, 0.2) is 5.84 Å². The number of aryl methyl sites for hydroxylation is 1. The van der Waals surface area contributed by atoms with E-state index in [1.165, 1.54) is 23.3 Å². The Morgan fingerprint density at radius 3 is 2.85 bits per heavy atom. The molecule has 4 heterocycles. The molecule has 0 radical (unpaired) electrons. The molecule has 1 saturated heterocycles. The lowest BCUT2D eigenvalue weighted by Crippen LogP contribution is -2.47. The van der Waals surface area contributed by atoms with Crippen molar-refractivity contribution in [3.05, 3.63) is 68.9 Å². The van der Waals surface area contributed by atoms with Crippen LogP contribution in [-0.2, 0) is 4.84 Å². The van der Waals surface area contributed by atoms with Gasteiger partial charge < -0.3 is 19.0 Å². The van der Waals surface area contributed by atoms with Gasteiger partial charge in [0.05, 0.1) is 29.2 Å². The lowest BCUT2D eigenvalue weighted by atomic mass is 9.87. The number of hydrogen-bond acceptors (Lipinski definition) is 6. The van der Waals surface area contributed by atoms with Crippen LogP contribution >= 0.6 is 22.9 Å². The van der Waals surface area contributed by atoms with Crippen LogP contribution in [0.25, 0.3) is 11.8 Å². The number of rotatable bonds is 4. The molecule has 6 nitrogen and oxygen atoms in total. The summed E-state index contributed by atoms with van der Waals surface area (Å²) in [6.45, 7) is 3.56. The average molecular weight is 481 g/mol. The molecule has 1 aliphatic carbocycles. The Balaban J connectivity index is 1.36. The molecule has 1 atom stereocenters. The van der Waals surface area contributed by atoms with Crippen LogP contribution in [0.15, 0.2) is 53.6 Å². The molecule has 170 valence electrons. The summed E-state index contributed by atoms with van der Waals surface area (Å²) in [7, 11) is 1.71. The Bertz CT molecular complexity index is 1270. The summed E-state index contributed by atoms with van der Waals surface area (Å²) in [5.41, 5.74) is 4.60. The molecule has 0 amide bonds. The van der Waals surface area contributed by atoms with E-state index >= 15 is 0 Å². The monoisotopic (exact) mass is 480 g/mol. The van der Waals surface area contributed by atoms with Gasteiger partial charge in [0.1, 0.15) is 18.4 Å². The molecule has 1 saturated carbocycles. The first kappa shape index (κ1) is 20.8. The Kier molecular flexibility index (Phi) is 4.99. The van der Waals surface area contributed by atoms with E-state index in [4.69, 9.17) is 21.2 Å². The van der Waals surface area contributed by atoms with E-state index in [0.29, 0.717) is 12.0 Å². The van der Waals surface area contributed by atoms with Crippen molar-refractivity contribution < 1.29 is 9.57 Å². The zero-order valence-electron chi connectivity index (χ0n) is 18.6. The molecule has 6 rings (SSSR count). The first-order valence-corrected chi connectivity index (χ1v) is 12.3. The number of nitrogens with zero attached hydrogens (tertiary/aromatic N) is 4. The highest BCUT2D eigenvalue weighted by molar-refractivity contribution is 7.16. The molecular formula is C25H25ClN4O2S. The zero-order valence-corrected chi connectivity index (χ0v) is 20.2. The predicted molar refractivity (Wildman–Crippen MR) is 131 cm³/mol. The van der Waals surface area contributed by atoms with Crippen molar-refractivity contribution in [2.75, 3.05) is 20.3 Å². The first-order chi connectivity index (χ1) is 16.0. The molecule has 0 N–H and O–H groups in total. The maximum absolute atomic E-state index is 6.25. The second-order valence-corrected chi connectivity index (χ2v) is 10.9. The van der Waals surface area contributed by atoms with E-state index in [-0.39, 0.29) is 6.04 Å². The van der Waals surface area contributed by atoms with Crippen LogP contribution < -0.4 is 4.74 Å². The second kappa shape index (κ2) is 7.92. The topological polar surface area (TPSA) is 51.9 Å². The van der Waals surface area contributed by atoms with Crippen molar-refractivity contribution >= 4 is 34.8 Å². The van der Waals surface area contributed by atoms with Crippen LogP contribution in [-0.4, -0.2) is 40.5 Å². The van der Waals surface area contributed by atoms with Crippen LogP contribution in [0.3, 0.4) is 0 Å². The zero-order chi connectivity index (χ0) is 22.6. The van der Waals surface area contributed by atoms with E-state index in [9.17, 15) is 0 Å². The van der Waals surface area contributed by atoms with Gasteiger partial charge in [-0.1, -0.05) is 22.8 Å². The number of halogens is 1. The number of methoxy groups -OCH3 is 1. The van der Waals surface area contributed by atoms with Crippen molar-refractivity contribution in [2.45, 2.75) is 32.2 Å². The second-order valence-electron chi connectivity index (χ2n) is 9.20. The molecular weight excluding hydrogens is 456 g/mol. The highest BCUT2D eigenvalue weighted by atomic mass is 35.5. The Morgan fingerprint density at radius 1 is 1.27 bits per heavy atom. The van der Waals surface area contributed by atoms with Crippen LogP contribution in [0.2, 0.25) is 4.34 Å². The molecule has 8 heteroatoms. The molecule has 2 aromatic heterocycles.